The topological polar surface area (TPSA) is 57.6 Å². The van der Waals surface area contributed by atoms with Crippen LogP contribution in [0, 0.1) is 5.92 Å². The number of carbonyl (C=O) groups excluding carboxylic acids is 1. The van der Waals surface area contributed by atoms with Gasteiger partial charge in [0, 0.05) is 10.5 Å². The first-order valence-corrected chi connectivity index (χ1v) is 9.39. The molecule has 2 fully saturated rings. The lowest BCUT2D eigenvalue weighted by molar-refractivity contribution is -0.141. The standard InChI is InChI=1S/C14H15Br2NO3S/c15-8-6-11(21-12(8)16)13(18)17-9-4-2-1-3-7(9)5-10(17)14(19)20/h6-7,9-10H,1-5H2,(H,19,20). The van der Waals surface area contributed by atoms with Crippen molar-refractivity contribution in [2.24, 2.45) is 5.92 Å². The predicted octanol–water partition coefficient (Wildman–Crippen LogP) is 4.13. The minimum atomic E-state index is -0.882. The Labute approximate surface area is 143 Å². The van der Waals surface area contributed by atoms with E-state index in [9.17, 15) is 14.7 Å². The molecule has 114 valence electrons. The molecule has 1 saturated heterocycles. The molecule has 21 heavy (non-hydrogen) atoms. The van der Waals surface area contributed by atoms with Gasteiger partial charge in [-0.25, -0.2) is 4.79 Å². The number of hydrogen-bond donors (Lipinski definition) is 1. The molecule has 7 heteroatoms. The number of aliphatic carboxylic acids is 1. The van der Waals surface area contributed by atoms with Crippen molar-refractivity contribution in [2.75, 3.05) is 0 Å². The molecule has 1 aromatic heterocycles. The number of hydrogen-bond acceptors (Lipinski definition) is 3. The molecule has 3 unspecified atom stereocenters. The minimum Gasteiger partial charge on any atom is -0.480 e. The van der Waals surface area contributed by atoms with Crippen LogP contribution in [0.15, 0.2) is 14.3 Å². The highest BCUT2D eigenvalue weighted by Gasteiger charge is 2.47. The van der Waals surface area contributed by atoms with Crippen molar-refractivity contribution in [1.82, 2.24) is 4.90 Å². The van der Waals surface area contributed by atoms with E-state index in [1.54, 1.807) is 11.0 Å². The second kappa shape index (κ2) is 6.01. The maximum Gasteiger partial charge on any atom is 0.326 e. The van der Waals surface area contributed by atoms with Crippen molar-refractivity contribution in [3.63, 3.8) is 0 Å². The highest BCUT2D eigenvalue weighted by atomic mass is 79.9. The highest BCUT2D eigenvalue weighted by Crippen LogP contribution is 2.42. The Hall–Kier alpha value is -0.400. The molecule has 1 amide bonds. The van der Waals surface area contributed by atoms with E-state index >= 15 is 0 Å². The Balaban J connectivity index is 1.92. The van der Waals surface area contributed by atoms with Crippen LogP contribution < -0.4 is 0 Å². The second-order valence-electron chi connectivity index (χ2n) is 5.65. The molecule has 2 aliphatic rings. The van der Waals surface area contributed by atoms with Gasteiger partial charge in [0.05, 0.1) is 8.66 Å². The van der Waals surface area contributed by atoms with Crippen molar-refractivity contribution in [2.45, 2.75) is 44.2 Å². The highest BCUT2D eigenvalue weighted by molar-refractivity contribution is 9.13. The van der Waals surface area contributed by atoms with Crippen LogP contribution in [0.4, 0.5) is 0 Å². The van der Waals surface area contributed by atoms with Gasteiger partial charge in [0.25, 0.3) is 5.91 Å². The third-order valence-corrected chi connectivity index (χ3v) is 7.71. The van der Waals surface area contributed by atoms with Gasteiger partial charge in [-0.2, -0.15) is 0 Å². The molecule has 1 aromatic rings. The SMILES string of the molecule is O=C(O)C1CC2CCCCC2N1C(=O)c1cc(Br)c(Br)s1. The third-order valence-electron chi connectivity index (χ3n) is 4.46. The normalized spacial score (nSPS) is 28.5. The number of rotatable bonds is 2. The van der Waals surface area contributed by atoms with Gasteiger partial charge < -0.3 is 10.0 Å². The van der Waals surface area contributed by atoms with E-state index in [-0.39, 0.29) is 11.9 Å². The number of amides is 1. The van der Waals surface area contributed by atoms with Crippen LogP contribution in [0.5, 0.6) is 0 Å². The first-order chi connectivity index (χ1) is 9.99. The molecule has 3 rings (SSSR count). The molecular formula is C14H15Br2NO3S. The van der Waals surface area contributed by atoms with Crippen LogP contribution in [0.1, 0.15) is 41.8 Å². The van der Waals surface area contributed by atoms with Crippen LogP contribution in [-0.2, 0) is 4.79 Å². The number of carbonyl (C=O) groups is 2. The molecule has 0 spiro atoms. The van der Waals surface area contributed by atoms with Gasteiger partial charge in [0.1, 0.15) is 6.04 Å². The molecule has 1 aliphatic heterocycles. The largest absolute Gasteiger partial charge is 0.480 e. The van der Waals surface area contributed by atoms with Gasteiger partial charge in [0.15, 0.2) is 0 Å². The molecule has 0 bridgehead atoms. The predicted molar refractivity (Wildman–Crippen MR) is 87.7 cm³/mol. The van der Waals surface area contributed by atoms with Gasteiger partial charge in [-0.1, -0.05) is 12.8 Å². The summed E-state index contributed by atoms with van der Waals surface area (Å²) in [5.41, 5.74) is 0. The summed E-state index contributed by atoms with van der Waals surface area (Å²) in [7, 11) is 0. The summed E-state index contributed by atoms with van der Waals surface area (Å²) < 4.78 is 1.69. The van der Waals surface area contributed by atoms with E-state index in [4.69, 9.17) is 0 Å². The number of likely N-dealkylation sites (tertiary alicyclic amines) is 1. The van der Waals surface area contributed by atoms with E-state index in [2.05, 4.69) is 31.9 Å². The quantitative estimate of drug-likeness (QED) is 0.758. The number of halogens is 2. The summed E-state index contributed by atoms with van der Waals surface area (Å²) in [5, 5.41) is 9.48. The molecule has 0 radical (unpaired) electrons. The van der Waals surface area contributed by atoms with Crippen LogP contribution in [0.25, 0.3) is 0 Å². The fourth-order valence-corrected chi connectivity index (χ4v) is 5.53. The van der Waals surface area contributed by atoms with Crippen LogP contribution >= 0.6 is 43.2 Å². The lowest BCUT2D eigenvalue weighted by Crippen LogP contribution is -2.46. The Bertz CT molecular complexity index is 569. The van der Waals surface area contributed by atoms with Gasteiger partial charge in [-0.15, -0.1) is 11.3 Å². The summed E-state index contributed by atoms with van der Waals surface area (Å²) in [6.45, 7) is 0. The van der Waals surface area contributed by atoms with Crippen LogP contribution in [-0.4, -0.2) is 34.0 Å². The first kappa shape index (κ1) is 15.5. The molecule has 3 atom stereocenters. The van der Waals surface area contributed by atoms with Crippen LogP contribution in [0.2, 0.25) is 0 Å². The summed E-state index contributed by atoms with van der Waals surface area (Å²) >= 11 is 8.12. The van der Waals surface area contributed by atoms with Gasteiger partial charge in [-0.3, -0.25) is 4.79 Å². The summed E-state index contributed by atoms with van der Waals surface area (Å²) in [6.07, 6.45) is 4.78. The lowest BCUT2D eigenvalue weighted by Gasteiger charge is -2.32. The zero-order valence-electron chi connectivity index (χ0n) is 11.2. The average Bonchev–Trinajstić information content (AvgIpc) is 2.99. The molecule has 1 saturated carbocycles. The van der Waals surface area contributed by atoms with E-state index in [0.717, 1.165) is 33.9 Å². The van der Waals surface area contributed by atoms with Gasteiger partial charge in [-0.05, 0) is 63.1 Å². The molecule has 2 heterocycles. The zero-order valence-corrected chi connectivity index (χ0v) is 15.2. The number of carboxylic acids is 1. The number of carboxylic acid groups (broad SMARTS) is 1. The minimum absolute atomic E-state index is 0.0898. The van der Waals surface area contributed by atoms with Crippen molar-refractivity contribution in [3.05, 3.63) is 19.2 Å². The Morgan fingerprint density at radius 3 is 2.62 bits per heavy atom. The van der Waals surface area contributed by atoms with E-state index in [1.807, 2.05) is 0 Å². The smallest absolute Gasteiger partial charge is 0.326 e. The first-order valence-electron chi connectivity index (χ1n) is 6.99. The van der Waals surface area contributed by atoms with E-state index in [1.165, 1.54) is 11.3 Å². The number of fused-ring (bicyclic) bond motifs is 1. The zero-order chi connectivity index (χ0) is 15.1. The second-order valence-corrected chi connectivity index (χ2v) is 8.87. The average molecular weight is 437 g/mol. The summed E-state index contributed by atoms with van der Waals surface area (Å²) in [5.74, 6) is -0.684. The fraction of sp³-hybridized carbons (Fsp3) is 0.571. The van der Waals surface area contributed by atoms with Crippen LogP contribution in [0.3, 0.4) is 0 Å². The molecule has 0 aromatic carbocycles. The summed E-state index contributed by atoms with van der Waals surface area (Å²) in [4.78, 5) is 26.6. The molecular weight excluding hydrogens is 422 g/mol. The molecule has 1 N–H and O–H groups in total. The molecule has 4 nitrogen and oxygen atoms in total. The monoisotopic (exact) mass is 435 g/mol. The summed E-state index contributed by atoms with van der Waals surface area (Å²) in [6, 6.07) is 1.18. The van der Waals surface area contributed by atoms with Crippen molar-refractivity contribution in [1.29, 1.82) is 0 Å². The van der Waals surface area contributed by atoms with Crippen molar-refractivity contribution in [3.8, 4) is 0 Å². The lowest BCUT2D eigenvalue weighted by atomic mass is 9.85. The molecule has 1 aliphatic carbocycles. The van der Waals surface area contributed by atoms with E-state index in [0.29, 0.717) is 17.2 Å². The Morgan fingerprint density at radius 1 is 1.29 bits per heavy atom. The van der Waals surface area contributed by atoms with Crippen molar-refractivity contribution >= 4 is 55.1 Å². The van der Waals surface area contributed by atoms with Gasteiger partial charge in [0.2, 0.25) is 0 Å². The van der Waals surface area contributed by atoms with Gasteiger partial charge >= 0.3 is 5.97 Å². The van der Waals surface area contributed by atoms with E-state index < -0.39 is 12.0 Å². The van der Waals surface area contributed by atoms with Crippen molar-refractivity contribution < 1.29 is 14.7 Å². The Morgan fingerprint density at radius 2 is 2.00 bits per heavy atom. The third kappa shape index (κ3) is 2.80. The number of nitrogens with zero attached hydrogens (tertiary/aromatic N) is 1. The fourth-order valence-electron chi connectivity index (χ4n) is 3.55. The maximum atomic E-state index is 12.8. The Kier molecular flexibility index (Phi) is 4.43. The maximum absolute atomic E-state index is 12.8. The number of thiophene rings is 1.